The molecule has 5 heteroatoms. The van der Waals surface area contributed by atoms with Gasteiger partial charge in [-0.15, -0.1) is 0 Å². The van der Waals surface area contributed by atoms with Crippen LogP contribution in [0.3, 0.4) is 0 Å². The van der Waals surface area contributed by atoms with E-state index in [2.05, 4.69) is 5.32 Å². The molecule has 3 aromatic carbocycles. The van der Waals surface area contributed by atoms with Gasteiger partial charge in [0.15, 0.2) is 0 Å². The molecular formula is C28H28N2O3. The molecule has 0 saturated heterocycles. The Bertz CT molecular complexity index is 1290. The van der Waals surface area contributed by atoms with Gasteiger partial charge in [0.2, 0.25) is 0 Å². The quantitative estimate of drug-likeness (QED) is 0.527. The summed E-state index contributed by atoms with van der Waals surface area (Å²) in [6.45, 7) is 8.19. The molecule has 33 heavy (non-hydrogen) atoms. The van der Waals surface area contributed by atoms with Crippen LogP contribution in [0.15, 0.2) is 66.4 Å². The monoisotopic (exact) mass is 440 g/mol. The molecule has 2 amide bonds. The number of carbonyl (C=O) groups excluding carboxylic acids is 2. The zero-order valence-corrected chi connectivity index (χ0v) is 19.7. The molecular weight excluding hydrogens is 412 g/mol. The highest BCUT2D eigenvalue weighted by Crippen LogP contribution is 2.34. The second kappa shape index (κ2) is 8.94. The first-order valence-electron chi connectivity index (χ1n) is 10.9. The van der Waals surface area contributed by atoms with Crippen molar-refractivity contribution in [2.45, 2.75) is 34.2 Å². The maximum atomic E-state index is 13.6. The molecule has 0 aromatic heterocycles. The summed E-state index contributed by atoms with van der Waals surface area (Å²) in [5, 5.41) is 3.29. The average Bonchev–Trinajstić information content (AvgIpc) is 3.03. The second-order valence-corrected chi connectivity index (χ2v) is 8.43. The van der Waals surface area contributed by atoms with E-state index in [1.54, 1.807) is 7.11 Å². The summed E-state index contributed by atoms with van der Waals surface area (Å²) < 4.78 is 5.44. The fraction of sp³-hybridized carbons (Fsp3) is 0.214. The molecule has 0 saturated carbocycles. The zero-order chi connectivity index (χ0) is 23.7. The number of para-hydroxylation sites is 1. The fourth-order valence-corrected chi connectivity index (χ4v) is 4.03. The number of aryl methyl sites for hydroxylation is 3. The summed E-state index contributed by atoms with van der Waals surface area (Å²) in [6.07, 6.45) is 0. The lowest BCUT2D eigenvalue weighted by molar-refractivity contribution is -0.137. The van der Waals surface area contributed by atoms with Crippen LogP contribution in [-0.4, -0.2) is 23.8 Å². The van der Waals surface area contributed by atoms with Crippen molar-refractivity contribution in [3.63, 3.8) is 0 Å². The van der Waals surface area contributed by atoms with Crippen LogP contribution in [0.25, 0.3) is 5.57 Å². The summed E-state index contributed by atoms with van der Waals surface area (Å²) in [5.74, 6) is -0.0243. The van der Waals surface area contributed by atoms with E-state index in [1.165, 1.54) is 4.90 Å². The van der Waals surface area contributed by atoms with Crippen LogP contribution >= 0.6 is 0 Å². The second-order valence-electron chi connectivity index (χ2n) is 8.43. The molecule has 0 aliphatic carbocycles. The van der Waals surface area contributed by atoms with E-state index in [-0.39, 0.29) is 18.4 Å². The summed E-state index contributed by atoms with van der Waals surface area (Å²) >= 11 is 0. The van der Waals surface area contributed by atoms with Crippen molar-refractivity contribution in [3.8, 4) is 5.75 Å². The number of rotatable bonds is 6. The van der Waals surface area contributed by atoms with Gasteiger partial charge in [-0.1, -0.05) is 48.5 Å². The van der Waals surface area contributed by atoms with Gasteiger partial charge in [0.1, 0.15) is 11.4 Å². The summed E-state index contributed by atoms with van der Waals surface area (Å²) in [6, 6.07) is 19.2. The molecule has 168 valence electrons. The van der Waals surface area contributed by atoms with E-state index in [4.69, 9.17) is 4.74 Å². The van der Waals surface area contributed by atoms with E-state index in [9.17, 15) is 9.59 Å². The maximum Gasteiger partial charge on any atom is 0.278 e. The highest BCUT2D eigenvalue weighted by atomic mass is 16.5. The molecule has 3 aromatic rings. The highest BCUT2D eigenvalue weighted by molar-refractivity contribution is 6.36. The molecule has 0 atom stereocenters. The van der Waals surface area contributed by atoms with E-state index < -0.39 is 0 Å². The van der Waals surface area contributed by atoms with Crippen LogP contribution < -0.4 is 10.1 Å². The van der Waals surface area contributed by atoms with Gasteiger partial charge in [-0.3, -0.25) is 14.5 Å². The number of nitrogens with one attached hydrogen (secondary N) is 1. The third-order valence-corrected chi connectivity index (χ3v) is 6.35. The first-order valence-corrected chi connectivity index (χ1v) is 10.9. The maximum absolute atomic E-state index is 13.6. The minimum absolute atomic E-state index is 0.133. The van der Waals surface area contributed by atoms with Crippen molar-refractivity contribution in [2.24, 2.45) is 0 Å². The van der Waals surface area contributed by atoms with E-state index >= 15 is 0 Å². The molecule has 4 rings (SSSR count). The Morgan fingerprint density at radius 1 is 0.818 bits per heavy atom. The van der Waals surface area contributed by atoms with Crippen LogP contribution in [0.4, 0.5) is 5.69 Å². The Morgan fingerprint density at radius 2 is 1.58 bits per heavy atom. The fourth-order valence-electron chi connectivity index (χ4n) is 4.03. The number of amides is 2. The van der Waals surface area contributed by atoms with Gasteiger partial charge in [-0.2, -0.15) is 0 Å². The van der Waals surface area contributed by atoms with Crippen molar-refractivity contribution in [1.82, 2.24) is 4.90 Å². The van der Waals surface area contributed by atoms with Gasteiger partial charge in [0.05, 0.1) is 19.2 Å². The van der Waals surface area contributed by atoms with Gasteiger partial charge in [0, 0.05) is 11.3 Å². The predicted molar refractivity (Wildman–Crippen MR) is 131 cm³/mol. The van der Waals surface area contributed by atoms with Crippen molar-refractivity contribution in [2.75, 3.05) is 12.4 Å². The van der Waals surface area contributed by atoms with Gasteiger partial charge in [0.25, 0.3) is 11.8 Å². The third kappa shape index (κ3) is 4.14. The lowest BCUT2D eigenvalue weighted by Crippen LogP contribution is -2.32. The van der Waals surface area contributed by atoms with Crippen molar-refractivity contribution in [1.29, 1.82) is 0 Å². The minimum atomic E-state index is -0.347. The predicted octanol–water partition coefficient (Wildman–Crippen LogP) is 5.32. The molecule has 0 radical (unpaired) electrons. The number of methoxy groups -OCH3 is 1. The van der Waals surface area contributed by atoms with Crippen molar-refractivity contribution in [3.05, 3.63) is 99.7 Å². The summed E-state index contributed by atoms with van der Waals surface area (Å²) in [4.78, 5) is 28.5. The van der Waals surface area contributed by atoms with Crippen molar-refractivity contribution >= 4 is 23.1 Å². The lowest BCUT2D eigenvalue weighted by atomic mass is 9.99. The molecule has 1 N–H and O–H groups in total. The van der Waals surface area contributed by atoms with E-state index in [0.29, 0.717) is 17.0 Å². The number of nitrogens with zero attached hydrogens (tertiary/aromatic N) is 1. The number of hydrogen-bond acceptors (Lipinski definition) is 4. The van der Waals surface area contributed by atoms with Crippen LogP contribution in [0.2, 0.25) is 0 Å². The van der Waals surface area contributed by atoms with Crippen LogP contribution in [0, 0.1) is 27.7 Å². The Kier molecular flexibility index (Phi) is 6.05. The van der Waals surface area contributed by atoms with E-state index in [0.717, 1.165) is 39.1 Å². The number of ether oxygens (including phenoxy) is 1. The molecule has 1 aliphatic heterocycles. The van der Waals surface area contributed by atoms with Crippen LogP contribution in [0.5, 0.6) is 5.75 Å². The van der Waals surface area contributed by atoms with Crippen LogP contribution in [0.1, 0.15) is 33.4 Å². The first kappa shape index (κ1) is 22.3. The summed E-state index contributed by atoms with van der Waals surface area (Å²) in [7, 11) is 1.58. The molecule has 0 bridgehead atoms. The Hall–Kier alpha value is -3.86. The Balaban J connectivity index is 1.80. The number of anilines is 1. The molecule has 1 aliphatic rings. The largest absolute Gasteiger partial charge is 0.496 e. The molecule has 0 unspecified atom stereocenters. The smallest absolute Gasteiger partial charge is 0.278 e. The zero-order valence-electron chi connectivity index (χ0n) is 19.7. The third-order valence-electron chi connectivity index (χ3n) is 6.35. The SMILES string of the molecule is COc1ccccc1CN1C(=O)C(Nc2cccc(C)c2C)=C(c2ccc(C)c(C)c2)C1=O. The van der Waals surface area contributed by atoms with Gasteiger partial charge in [-0.05, 0) is 67.6 Å². The minimum Gasteiger partial charge on any atom is -0.496 e. The molecule has 1 heterocycles. The first-order chi connectivity index (χ1) is 15.8. The van der Waals surface area contributed by atoms with E-state index in [1.807, 2.05) is 88.4 Å². The van der Waals surface area contributed by atoms with Crippen molar-refractivity contribution < 1.29 is 14.3 Å². The molecule has 0 spiro atoms. The number of imide groups is 1. The van der Waals surface area contributed by atoms with Gasteiger partial charge in [-0.25, -0.2) is 0 Å². The average molecular weight is 441 g/mol. The summed E-state index contributed by atoms with van der Waals surface area (Å²) in [5.41, 5.74) is 7.34. The van der Waals surface area contributed by atoms with Gasteiger partial charge < -0.3 is 10.1 Å². The number of carbonyl (C=O) groups is 2. The van der Waals surface area contributed by atoms with Gasteiger partial charge >= 0.3 is 0 Å². The lowest BCUT2D eigenvalue weighted by Gasteiger charge is -2.17. The Labute approximate surface area is 194 Å². The van der Waals surface area contributed by atoms with Crippen LogP contribution in [-0.2, 0) is 16.1 Å². The molecule has 5 nitrogen and oxygen atoms in total. The Morgan fingerprint density at radius 3 is 2.30 bits per heavy atom. The standard InChI is InChI=1S/C28H28N2O3/c1-17-13-14-21(15-19(17)3)25-26(29-23-11-8-9-18(2)20(23)4)28(32)30(27(25)31)16-22-10-6-7-12-24(22)33-5/h6-15,29H,16H2,1-5H3. The number of hydrogen-bond donors (Lipinski definition) is 1. The normalized spacial score (nSPS) is 13.7. The molecule has 0 fully saturated rings. The highest BCUT2D eigenvalue weighted by Gasteiger charge is 2.39. The number of benzene rings is 3. The topological polar surface area (TPSA) is 58.6 Å².